The van der Waals surface area contributed by atoms with Crippen LogP contribution < -0.4 is 0 Å². The molecule has 0 aliphatic rings. The van der Waals surface area contributed by atoms with Gasteiger partial charge in [0.1, 0.15) is 0 Å². The molecule has 10 heavy (non-hydrogen) atoms. The molecule has 0 rings (SSSR count). The summed E-state index contributed by atoms with van der Waals surface area (Å²) in [7, 11) is 0. The third kappa shape index (κ3) is 3.43. The van der Waals surface area contributed by atoms with E-state index in [1.165, 1.54) is 0 Å². The molecule has 0 aliphatic heterocycles. The van der Waals surface area contributed by atoms with Gasteiger partial charge in [-0.15, -0.1) is 0 Å². The lowest BCUT2D eigenvalue weighted by Crippen LogP contribution is -2.12. The molecular weight excluding hydrogens is 128 g/mol. The van der Waals surface area contributed by atoms with E-state index in [0.717, 1.165) is 5.57 Å². The molecule has 0 amide bonds. The van der Waals surface area contributed by atoms with Gasteiger partial charge in [0, 0.05) is 0 Å². The number of allylic oxidation sites excluding steroid dienone is 3. The standard InChI is InChI=1S/C8H14O2/c1-3-4-5-7(2)8(10)6-9/h3-5,8-10H,6H2,1-2H3. The molecule has 0 spiro atoms. The number of aliphatic hydroxyl groups is 2. The zero-order chi connectivity index (χ0) is 7.98. The molecule has 0 heterocycles. The van der Waals surface area contributed by atoms with E-state index in [2.05, 4.69) is 0 Å². The third-order valence-corrected chi connectivity index (χ3v) is 1.25. The molecule has 0 fully saturated rings. The monoisotopic (exact) mass is 142 g/mol. The summed E-state index contributed by atoms with van der Waals surface area (Å²) in [6, 6.07) is 0. The van der Waals surface area contributed by atoms with Crippen LogP contribution in [0, 0.1) is 0 Å². The van der Waals surface area contributed by atoms with Crippen LogP contribution >= 0.6 is 0 Å². The Balaban J connectivity index is 3.91. The van der Waals surface area contributed by atoms with Crippen molar-refractivity contribution in [2.45, 2.75) is 20.0 Å². The van der Waals surface area contributed by atoms with Gasteiger partial charge in [-0.05, 0) is 19.4 Å². The van der Waals surface area contributed by atoms with Crippen LogP contribution in [0.5, 0.6) is 0 Å². The summed E-state index contributed by atoms with van der Waals surface area (Å²) in [5.74, 6) is 0. The SMILES string of the molecule is CC=CC=C(C)C(O)CO. The first-order valence-corrected chi connectivity index (χ1v) is 3.30. The molecule has 0 aliphatic carbocycles. The summed E-state index contributed by atoms with van der Waals surface area (Å²) in [5.41, 5.74) is 0.778. The average Bonchev–Trinajstić information content (AvgIpc) is 1.98. The Hall–Kier alpha value is -0.600. The van der Waals surface area contributed by atoms with Crippen LogP contribution in [0.3, 0.4) is 0 Å². The molecule has 0 saturated carbocycles. The zero-order valence-corrected chi connectivity index (χ0v) is 6.41. The van der Waals surface area contributed by atoms with Crippen molar-refractivity contribution in [3.63, 3.8) is 0 Å². The van der Waals surface area contributed by atoms with Gasteiger partial charge in [-0.1, -0.05) is 18.2 Å². The maximum Gasteiger partial charge on any atom is 0.0981 e. The van der Waals surface area contributed by atoms with Gasteiger partial charge in [0.15, 0.2) is 0 Å². The topological polar surface area (TPSA) is 40.5 Å². The second kappa shape index (κ2) is 5.21. The minimum atomic E-state index is -0.712. The molecule has 0 bridgehead atoms. The summed E-state index contributed by atoms with van der Waals surface area (Å²) < 4.78 is 0. The Labute approximate surface area is 61.5 Å². The highest BCUT2D eigenvalue weighted by molar-refractivity contribution is 5.13. The van der Waals surface area contributed by atoms with E-state index in [1.54, 1.807) is 13.0 Å². The smallest absolute Gasteiger partial charge is 0.0981 e. The van der Waals surface area contributed by atoms with Crippen LogP contribution in [0.4, 0.5) is 0 Å². The van der Waals surface area contributed by atoms with Crippen LogP contribution in [-0.2, 0) is 0 Å². The van der Waals surface area contributed by atoms with Crippen molar-refractivity contribution < 1.29 is 10.2 Å². The van der Waals surface area contributed by atoms with Gasteiger partial charge < -0.3 is 10.2 Å². The normalized spacial score (nSPS) is 16.2. The molecule has 0 saturated heterocycles. The van der Waals surface area contributed by atoms with Crippen LogP contribution in [0.25, 0.3) is 0 Å². The van der Waals surface area contributed by atoms with Crippen molar-refractivity contribution in [2.75, 3.05) is 6.61 Å². The highest BCUT2D eigenvalue weighted by Gasteiger charge is 2.00. The van der Waals surface area contributed by atoms with Crippen molar-refractivity contribution in [2.24, 2.45) is 0 Å². The van der Waals surface area contributed by atoms with Gasteiger partial charge in [-0.25, -0.2) is 0 Å². The van der Waals surface area contributed by atoms with Crippen molar-refractivity contribution in [3.8, 4) is 0 Å². The van der Waals surface area contributed by atoms with Crippen molar-refractivity contribution in [1.29, 1.82) is 0 Å². The van der Waals surface area contributed by atoms with Gasteiger partial charge in [0.2, 0.25) is 0 Å². The lowest BCUT2D eigenvalue weighted by molar-refractivity contribution is 0.122. The van der Waals surface area contributed by atoms with E-state index < -0.39 is 6.10 Å². The maximum absolute atomic E-state index is 9.00. The number of hydrogen-bond donors (Lipinski definition) is 2. The van der Waals surface area contributed by atoms with E-state index in [-0.39, 0.29) is 6.61 Å². The first kappa shape index (κ1) is 9.40. The fourth-order valence-corrected chi connectivity index (χ4v) is 0.503. The highest BCUT2D eigenvalue weighted by atomic mass is 16.3. The lowest BCUT2D eigenvalue weighted by atomic mass is 10.1. The quantitative estimate of drug-likeness (QED) is 0.574. The minimum Gasteiger partial charge on any atom is -0.393 e. The van der Waals surface area contributed by atoms with Gasteiger partial charge >= 0.3 is 0 Å². The highest BCUT2D eigenvalue weighted by Crippen LogP contribution is 1.99. The Morgan fingerprint density at radius 3 is 2.60 bits per heavy atom. The maximum atomic E-state index is 9.00. The van der Waals surface area contributed by atoms with Crippen molar-refractivity contribution in [1.82, 2.24) is 0 Å². The fourth-order valence-electron chi connectivity index (χ4n) is 0.503. The van der Waals surface area contributed by atoms with E-state index >= 15 is 0 Å². The second-order valence-electron chi connectivity index (χ2n) is 2.13. The minimum absolute atomic E-state index is 0.208. The van der Waals surface area contributed by atoms with Gasteiger partial charge in [0.25, 0.3) is 0 Å². The molecular formula is C8H14O2. The summed E-state index contributed by atoms with van der Waals surface area (Å²) in [4.78, 5) is 0. The molecule has 1 atom stereocenters. The Bertz CT molecular complexity index is 136. The van der Waals surface area contributed by atoms with Crippen LogP contribution in [-0.4, -0.2) is 22.9 Å². The fraction of sp³-hybridized carbons (Fsp3) is 0.500. The Kier molecular flexibility index (Phi) is 4.89. The molecule has 0 aromatic carbocycles. The summed E-state index contributed by atoms with van der Waals surface area (Å²) >= 11 is 0. The van der Waals surface area contributed by atoms with E-state index in [4.69, 9.17) is 10.2 Å². The predicted molar refractivity (Wildman–Crippen MR) is 41.7 cm³/mol. The Morgan fingerprint density at radius 1 is 1.60 bits per heavy atom. The molecule has 0 aromatic heterocycles. The molecule has 2 heteroatoms. The molecule has 0 aromatic rings. The largest absolute Gasteiger partial charge is 0.393 e. The van der Waals surface area contributed by atoms with Crippen LogP contribution in [0.15, 0.2) is 23.8 Å². The van der Waals surface area contributed by atoms with Gasteiger partial charge in [-0.3, -0.25) is 0 Å². The zero-order valence-electron chi connectivity index (χ0n) is 6.41. The first-order chi connectivity index (χ1) is 4.72. The Morgan fingerprint density at radius 2 is 2.20 bits per heavy atom. The van der Waals surface area contributed by atoms with Gasteiger partial charge in [-0.2, -0.15) is 0 Å². The van der Waals surface area contributed by atoms with E-state index in [0.29, 0.717) is 0 Å². The summed E-state index contributed by atoms with van der Waals surface area (Å²) in [6.45, 7) is 3.47. The molecule has 0 radical (unpaired) electrons. The van der Waals surface area contributed by atoms with E-state index in [9.17, 15) is 0 Å². The molecule has 2 N–H and O–H groups in total. The van der Waals surface area contributed by atoms with Crippen molar-refractivity contribution in [3.05, 3.63) is 23.8 Å². The van der Waals surface area contributed by atoms with Gasteiger partial charge in [0.05, 0.1) is 12.7 Å². The molecule has 2 nitrogen and oxygen atoms in total. The number of rotatable bonds is 3. The van der Waals surface area contributed by atoms with E-state index in [1.807, 2.05) is 19.1 Å². The number of hydrogen-bond acceptors (Lipinski definition) is 2. The summed E-state index contributed by atoms with van der Waals surface area (Å²) in [5, 5.41) is 17.5. The average molecular weight is 142 g/mol. The number of aliphatic hydroxyl groups excluding tert-OH is 2. The summed E-state index contributed by atoms with van der Waals surface area (Å²) in [6.07, 6.45) is 4.76. The van der Waals surface area contributed by atoms with Crippen LogP contribution in [0.1, 0.15) is 13.8 Å². The van der Waals surface area contributed by atoms with Crippen molar-refractivity contribution >= 4 is 0 Å². The second-order valence-corrected chi connectivity index (χ2v) is 2.13. The first-order valence-electron chi connectivity index (χ1n) is 3.30. The predicted octanol–water partition coefficient (Wildman–Crippen LogP) is 0.862. The van der Waals surface area contributed by atoms with Crippen LogP contribution in [0.2, 0.25) is 0 Å². The lowest BCUT2D eigenvalue weighted by Gasteiger charge is -2.04. The third-order valence-electron chi connectivity index (χ3n) is 1.25. The molecule has 1 unspecified atom stereocenters. The molecule has 58 valence electrons.